The first-order chi connectivity index (χ1) is 17.0. The molecule has 35 heavy (non-hydrogen) atoms. The van der Waals surface area contributed by atoms with Crippen LogP contribution in [0.5, 0.6) is 0 Å². The third-order valence-corrected chi connectivity index (χ3v) is 7.69. The molecule has 2 N–H and O–H groups in total. The number of amides is 2. The molecule has 4 unspecified atom stereocenters. The number of fused-ring (bicyclic) bond motifs is 4. The van der Waals surface area contributed by atoms with Crippen LogP contribution in [-0.2, 0) is 19.1 Å². The largest absolute Gasteiger partial charge is 0.481 e. The number of aliphatic carboxylic acids is 1. The lowest BCUT2D eigenvalue weighted by molar-refractivity contribution is -0.139. The first-order valence-electron chi connectivity index (χ1n) is 12.1. The minimum absolute atomic E-state index is 0.0204. The van der Waals surface area contributed by atoms with E-state index in [4.69, 9.17) is 9.47 Å². The zero-order chi connectivity index (χ0) is 24.5. The number of methoxy groups -OCH3 is 1. The Labute approximate surface area is 204 Å². The maximum atomic E-state index is 12.7. The number of carbonyl (C=O) groups excluding carboxylic acids is 2. The Kier molecular flexibility index (Phi) is 6.47. The van der Waals surface area contributed by atoms with Gasteiger partial charge < -0.3 is 24.8 Å². The van der Waals surface area contributed by atoms with Crippen LogP contribution in [0.25, 0.3) is 11.1 Å². The van der Waals surface area contributed by atoms with Crippen molar-refractivity contribution in [3.05, 3.63) is 59.7 Å². The van der Waals surface area contributed by atoms with Crippen LogP contribution in [0, 0.1) is 17.8 Å². The van der Waals surface area contributed by atoms with Gasteiger partial charge in [-0.15, -0.1) is 0 Å². The topological polar surface area (TPSA) is 105 Å². The molecule has 184 valence electrons. The van der Waals surface area contributed by atoms with Crippen LogP contribution in [0.4, 0.5) is 4.79 Å². The van der Waals surface area contributed by atoms with E-state index in [0.717, 1.165) is 17.5 Å². The number of ether oxygens (including phenoxy) is 2. The van der Waals surface area contributed by atoms with Gasteiger partial charge >= 0.3 is 12.1 Å². The van der Waals surface area contributed by atoms with Crippen molar-refractivity contribution in [2.75, 3.05) is 33.4 Å². The first-order valence-corrected chi connectivity index (χ1v) is 12.1. The molecule has 2 aromatic rings. The Morgan fingerprint density at radius 1 is 1.06 bits per heavy atom. The number of nitrogens with one attached hydrogen (secondary N) is 1. The van der Waals surface area contributed by atoms with Gasteiger partial charge in [0.2, 0.25) is 5.91 Å². The molecule has 2 aromatic carbocycles. The number of alkyl carbamates (subject to hydrolysis) is 1. The predicted octanol–water partition coefficient (Wildman–Crippen LogP) is 3.11. The fraction of sp³-hybridized carbons (Fsp3) is 0.444. The Balaban J connectivity index is 1.10. The van der Waals surface area contributed by atoms with E-state index in [1.165, 1.54) is 18.2 Å². The summed E-state index contributed by atoms with van der Waals surface area (Å²) in [7, 11) is 1.50. The summed E-state index contributed by atoms with van der Waals surface area (Å²) in [4.78, 5) is 38.2. The summed E-state index contributed by atoms with van der Waals surface area (Å²) < 4.78 is 11.0. The van der Waals surface area contributed by atoms with Gasteiger partial charge in [0.25, 0.3) is 0 Å². The van der Waals surface area contributed by atoms with E-state index in [9.17, 15) is 19.5 Å². The maximum Gasteiger partial charge on any atom is 0.407 e. The number of benzene rings is 2. The Bertz CT molecular complexity index is 1090. The van der Waals surface area contributed by atoms with E-state index in [-0.39, 0.29) is 49.2 Å². The number of rotatable bonds is 8. The van der Waals surface area contributed by atoms with E-state index in [1.54, 1.807) is 4.90 Å². The average molecular weight is 479 g/mol. The molecule has 4 atom stereocenters. The lowest BCUT2D eigenvalue weighted by atomic mass is 9.98. The molecule has 1 saturated heterocycles. The third kappa shape index (κ3) is 4.62. The monoisotopic (exact) mass is 478 g/mol. The molecule has 5 rings (SSSR count). The summed E-state index contributed by atoms with van der Waals surface area (Å²) in [6.07, 6.45) is -0.196. The average Bonchev–Trinajstić information content (AvgIpc) is 3.52. The highest BCUT2D eigenvalue weighted by atomic mass is 16.5. The van der Waals surface area contributed by atoms with Gasteiger partial charge in [0.1, 0.15) is 6.61 Å². The molecule has 2 amide bonds. The van der Waals surface area contributed by atoms with Gasteiger partial charge in [0.15, 0.2) is 0 Å². The molecule has 1 aliphatic heterocycles. The lowest BCUT2D eigenvalue weighted by Gasteiger charge is -2.28. The van der Waals surface area contributed by atoms with Gasteiger partial charge in [-0.3, -0.25) is 9.59 Å². The number of nitrogens with zero attached hydrogens (tertiary/aromatic N) is 1. The van der Waals surface area contributed by atoms with Gasteiger partial charge in [-0.25, -0.2) is 4.79 Å². The van der Waals surface area contributed by atoms with Crippen LogP contribution in [-0.4, -0.2) is 67.4 Å². The van der Waals surface area contributed by atoms with E-state index in [0.29, 0.717) is 13.1 Å². The zero-order valence-electron chi connectivity index (χ0n) is 19.7. The molecular weight excluding hydrogens is 448 g/mol. The normalized spacial score (nSPS) is 23.0. The summed E-state index contributed by atoms with van der Waals surface area (Å²) in [5, 5.41) is 12.0. The first kappa shape index (κ1) is 23.4. The molecule has 0 spiro atoms. The molecule has 1 saturated carbocycles. The number of carbonyl (C=O) groups is 3. The van der Waals surface area contributed by atoms with Crippen LogP contribution in [0.2, 0.25) is 0 Å². The third-order valence-electron chi connectivity index (χ3n) is 7.69. The summed E-state index contributed by atoms with van der Waals surface area (Å²) in [5.41, 5.74) is 4.62. The molecule has 1 heterocycles. The van der Waals surface area contributed by atoms with Crippen molar-refractivity contribution in [3.63, 3.8) is 0 Å². The Morgan fingerprint density at radius 2 is 1.71 bits per heavy atom. The van der Waals surface area contributed by atoms with Gasteiger partial charge in [0.05, 0.1) is 18.4 Å². The van der Waals surface area contributed by atoms with Crippen LogP contribution in [0.3, 0.4) is 0 Å². The number of carboxylic acids is 1. The molecule has 0 radical (unpaired) electrons. The molecule has 8 nitrogen and oxygen atoms in total. The highest BCUT2D eigenvalue weighted by molar-refractivity contribution is 5.80. The van der Waals surface area contributed by atoms with E-state index in [2.05, 4.69) is 29.6 Å². The van der Waals surface area contributed by atoms with Gasteiger partial charge in [0, 0.05) is 32.7 Å². The Morgan fingerprint density at radius 3 is 2.34 bits per heavy atom. The predicted molar refractivity (Wildman–Crippen MR) is 128 cm³/mol. The van der Waals surface area contributed by atoms with Crippen LogP contribution in [0.1, 0.15) is 29.9 Å². The van der Waals surface area contributed by atoms with Crippen molar-refractivity contribution >= 4 is 18.0 Å². The van der Waals surface area contributed by atoms with E-state index < -0.39 is 18.2 Å². The van der Waals surface area contributed by atoms with Crippen LogP contribution >= 0.6 is 0 Å². The fourth-order valence-electron chi connectivity index (χ4n) is 5.74. The molecule has 0 bridgehead atoms. The minimum atomic E-state index is -0.767. The summed E-state index contributed by atoms with van der Waals surface area (Å²) in [6.45, 7) is 1.42. The Hall–Kier alpha value is -3.39. The highest BCUT2D eigenvalue weighted by Gasteiger charge is 2.57. The van der Waals surface area contributed by atoms with Gasteiger partial charge in [-0.05, 0) is 40.5 Å². The van der Waals surface area contributed by atoms with Crippen LogP contribution < -0.4 is 5.32 Å². The van der Waals surface area contributed by atoms with Crippen molar-refractivity contribution in [1.29, 1.82) is 0 Å². The molecule has 8 heteroatoms. The van der Waals surface area contributed by atoms with Gasteiger partial charge in [-0.1, -0.05) is 48.5 Å². The number of likely N-dealkylation sites (tertiary alicyclic amines) is 1. The van der Waals surface area contributed by atoms with Crippen molar-refractivity contribution < 1.29 is 29.0 Å². The second-order valence-electron chi connectivity index (χ2n) is 9.59. The summed E-state index contributed by atoms with van der Waals surface area (Å²) >= 11 is 0. The lowest BCUT2D eigenvalue weighted by Crippen LogP contribution is -2.41. The second kappa shape index (κ2) is 9.70. The van der Waals surface area contributed by atoms with Crippen molar-refractivity contribution in [1.82, 2.24) is 10.2 Å². The van der Waals surface area contributed by atoms with Gasteiger partial charge in [-0.2, -0.15) is 0 Å². The zero-order valence-corrected chi connectivity index (χ0v) is 19.7. The SMILES string of the molecule is COC(CNC(=O)OCC1c2ccccc2-c2ccccc21)CC(=O)N1CCC2C(C1)C2C(=O)O. The smallest absolute Gasteiger partial charge is 0.407 e. The molecule has 3 aliphatic rings. The molecular formula is C27H30N2O6. The number of piperidine rings is 1. The molecule has 0 aromatic heterocycles. The summed E-state index contributed by atoms with van der Waals surface area (Å²) in [5.74, 6) is -0.929. The highest BCUT2D eigenvalue weighted by Crippen LogP contribution is 2.51. The summed E-state index contributed by atoms with van der Waals surface area (Å²) in [6, 6.07) is 16.3. The van der Waals surface area contributed by atoms with Crippen molar-refractivity contribution in [2.24, 2.45) is 17.8 Å². The fourth-order valence-corrected chi connectivity index (χ4v) is 5.74. The van der Waals surface area contributed by atoms with Crippen molar-refractivity contribution in [2.45, 2.75) is 24.9 Å². The standard InChI is InChI=1S/C27H30N2O6/c1-34-16(12-24(30)29-11-10-21-22(14-29)25(21)26(31)32)13-28-27(33)35-15-23-19-8-4-2-6-17(19)18-7-3-5-9-20(18)23/h2-9,16,21-23,25H,10-15H2,1H3,(H,28,33)(H,31,32). The number of hydrogen-bond donors (Lipinski definition) is 2. The second-order valence-corrected chi connectivity index (χ2v) is 9.59. The quantitative estimate of drug-likeness (QED) is 0.604. The van der Waals surface area contributed by atoms with E-state index >= 15 is 0 Å². The molecule has 2 fully saturated rings. The van der Waals surface area contributed by atoms with Crippen LogP contribution in [0.15, 0.2) is 48.5 Å². The van der Waals surface area contributed by atoms with E-state index in [1.807, 2.05) is 24.3 Å². The maximum absolute atomic E-state index is 12.7. The van der Waals surface area contributed by atoms with Crippen molar-refractivity contribution in [3.8, 4) is 11.1 Å². The minimum Gasteiger partial charge on any atom is -0.481 e. The number of carboxylic acid groups (broad SMARTS) is 1. The molecule has 2 aliphatic carbocycles. The number of hydrogen-bond acceptors (Lipinski definition) is 5.